The molecule has 0 bridgehead atoms. The number of hydrogen-bond donors (Lipinski definition) is 0. The lowest BCUT2D eigenvalue weighted by Crippen LogP contribution is -1.98. The van der Waals surface area contributed by atoms with Crippen LogP contribution in [0.3, 0.4) is 0 Å². The molecular weight excluding hydrogens is 262 g/mol. The summed E-state index contributed by atoms with van der Waals surface area (Å²) in [5.41, 5.74) is 0. The van der Waals surface area contributed by atoms with E-state index in [9.17, 15) is 0 Å². The number of halogens is 1. The molecule has 2 aromatic rings. The van der Waals surface area contributed by atoms with Gasteiger partial charge in [-0.05, 0) is 11.8 Å². The van der Waals surface area contributed by atoms with Crippen molar-refractivity contribution in [1.82, 2.24) is 15.0 Å². The lowest BCUT2D eigenvalue weighted by atomic mass is 10.2. The maximum absolute atomic E-state index is 5.95. The molecule has 0 fully saturated rings. The van der Waals surface area contributed by atoms with Gasteiger partial charge in [0.1, 0.15) is 16.0 Å². The van der Waals surface area contributed by atoms with E-state index in [0.717, 1.165) is 15.2 Å². The standard InChI is InChI=1S/C10H10ClN3S2/c1-6(2)9-13-7(11)5-8(14-9)16-10-12-3-4-15-10/h3-6H,1-2H3. The van der Waals surface area contributed by atoms with Crippen molar-refractivity contribution in [3.63, 3.8) is 0 Å². The highest BCUT2D eigenvalue weighted by Gasteiger charge is 2.09. The average Bonchev–Trinajstić information content (AvgIpc) is 2.69. The van der Waals surface area contributed by atoms with Crippen LogP contribution in [-0.2, 0) is 0 Å². The summed E-state index contributed by atoms with van der Waals surface area (Å²) in [6.45, 7) is 4.09. The van der Waals surface area contributed by atoms with E-state index >= 15 is 0 Å². The van der Waals surface area contributed by atoms with E-state index in [1.807, 2.05) is 19.2 Å². The fraction of sp³-hybridized carbons (Fsp3) is 0.300. The third-order valence-corrected chi connectivity index (χ3v) is 3.80. The average molecular weight is 272 g/mol. The van der Waals surface area contributed by atoms with Crippen LogP contribution in [0.4, 0.5) is 0 Å². The van der Waals surface area contributed by atoms with E-state index in [2.05, 4.69) is 15.0 Å². The number of nitrogens with zero attached hydrogens (tertiary/aromatic N) is 3. The molecule has 0 atom stereocenters. The zero-order valence-electron chi connectivity index (χ0n) is 8.85. The first-order chi connectivity index (χ1) is 7.65. The zero-order valence-corrected chi connectivity index (χ0v) is 11.2. The number of hydrogen-bond acceptors (Lipinski definition) is 5. The normalized spacial score (nSPS) is 11.0. The van der Waals surface area contributed by atoms with Gasteiger partial charge in [0.25, 0.3) is 0 Å². The van der Waals surface area contributed by atoms with Crippen LogP contribution >= 0.6 is 34.7 Å². The fourth-order valence-corrected chi connectivity index (χ4v) is 2.91. The van der Waals surface area contributed by atoms with Crippen LogP contribution in [0.5, 0.6) is 0 Å². The van der Waals surface area contributed by atoms with Crippen LogP contribution in [0.2, 0.25) is 5.15 Å². The number of aromatic nitrogens is 3. The first kappa shape index (κ1) is 11.8. The second-order valence-corrected chi connectivity index (χ2v) is 5.99. The Balaban J connectivity index is 2.27. The van der Waals surface area contributed by atoms with Crippen molar-refractivity contribution in [3.8, 4) is 0 Å². The predicted octanol–water partition coefficient (Wildman–Crippen LogP) is 3.86. The summed E-state index contributed by atoms with van der Waals surface area (Å²) in [6, 6.07) is 1.76. The summed E-state index contributed by atoms with van der Waals surface area (Å²) in [6.07, 6.45) is 1.78. The van der Waals surface area contributed by atoms with Gasteiger partial charge in [0.2, 0.25) is 0 Å². The molecular formula is C10H10ClN3S2. The molecule has 16 heavy (non-hydrogen) atoms. The van der Waals surface area contributed by atoms with E-state index in [0.29, 0.717) is 5.15 Å². The molecule has 2 rings (SSSR count). The van der Waals surface area contributed by atoms with Crippen LogP contribution in [0, 0.1) is 0 Å². The zero-order chi connectivity index (χ0) is 11.5. The van der Waals surface area contributed by atoms with Crippen LogP contribution in [0.25, 0.3) is 0 Å². The topological polar surface area (TPSA) is 38.7 Å². The summed E-state index contributed by atoms with van der Waals surface area (Å²) in [5, 5.41) is 3.27. The van der Waals surface area contributed by atoms with E-state index in [1.54, 1.807) is 23.6 Å². The van der Waals surface area contributed by atoms with Crippen molar-refractivity contribution >= 4 is 34.7 Å². The highest BCUT2D eigenvalue weighted by molar-refractivity contribution is 8.01. The van der Waals surface area contributed by atoms with Gasteiger partial charge >= 0.3 is 0 Å². The molecule has 0 aliphatic rings. The lowest BCUT2D eigenvalue weighted by molar-refractivity contribution is 0.753. The highest BCUT2D eigenvalue weighted by atomic mass is 35.5. The summed E-state index contributed by atoms with van der Waals surface area (Å²) in [5.74, 6) is 1.04. The van der Waals surface area contributed by atoms with E-state index in [-0.39, 0.29) is 5.92 Å². The minimum Gasteiger partial charge on any atom is -0.238 e. The molecule has 0 radical (unpaired) electrons. The molecule has 3 nitrogen and oxygen atoms in total. The second-order valence-electron chi connectivity index (χ2n) is 3.44. The number of thiazole rings is 1. The van der Waals surface area contributed by atoms with Gasteiger partial charge in [-0.1, -0.05) is 25.4 Å². The van der Waals surface area contributed by atoms with Crippen molar-refractivity contribution in [3.05, 3.63) is 28.6 Å². The molecule has 0 saturated carbocycles. The molecule has 0 spiro atoms. The van der Waals surface area contributed by atoms with Crippen molar-refractivity contribution in [1.29, 1.82) is 0 Å². The molecule has 2 aromatic heterocycles. The maximum atomic E-state index is 5.95. The summed E-state index contributed by atoms with van der Waals surface area (Å²) >= 11 is 9.05. The summed E-state index contributed by atoms with van der Waals surface area (Å²) in [7, 11) is 0. The van der Waals surface area contributed by atoms with Crippen LogP contribution in [0.15, 0.2) is 27.0 Å². The Labute approximate surface area is 107 Å². The van der Waals surface area contributed by atoms with Crippen molar-refractivity contribution in [2.24, 2.45) is 0 Å². The molecule has 0 amide bonds. The van der Waals surface area contributed by atoms with Crippen LogP contribution < -0.4 is 0 Å². The lowest BCUT2D eigenvalue weighted by Gasteiger charge is -2.05. The third-order valence-electron chi connectivity index (χ3n) is 1.81. The third kappa shape index (κ3) is 2.93. The van der Waals surface area contributed by atoms with Crippen molar-refractivity contribution in [2.45, 2.75) is 29.1 Å². The van der Waals surface area contributed by atoms with Gasteiger partial charge in [0.15, 0.2) is 4.34 Å². The molecule has 0 N–H and O–H groups in total. The smallest absolute Gasteiger partial charge is 0.156 e. The Hall–Kier alpha value is -0.650. The van der Waals surface area contributed by atoms with Crippen molar-refractivity contribution in [2.75, 3.05) is 0 Å². The molecule has 0 unspecified atom stereocenters. The van der Waals surface area contributed by atoms with Gasteiger partial charge < -0.3 is 0 Å². The molecule has 6 heteroatoms. The van der Waals surface area contributed by atoms with Gasteiger partial charge in [0, 0.05) is 23.6 Å². The molecule has 0 aliphatic heterocycles. The van der Waals surface area contributed by atoms with E-state index < -0.39 is 0 Å². The highest BCUT2D eigenvalue weighted by Crippen LogP contribution is 2.29. The van der Waals surface area contributed by atoms with Crippen LogP contribution in [0.1, 0.15) is 25.6 Å². The Morgan fingerprint density at radius 2 is 2.19 bits per heavy atom. The molecule has 0 aliphatic carbocycles. The Kier molecular flexibility index (Phi) is 3.78. The second kappa shape index (κ2) is 5.12. The Bertz CT molecular complexity index is 471. The maximum Gasteiger partial charge on any atom is 0.156 e. The van der Waals surface area contributed by atoms with Gasteiger partial charge in [-0.2, -0.15) is 0 Å². The number of rotatable bonds is 3. The minimum absolute atomic E-state index is 0.273. The van der Waals surface area contributed by atoms with Crippen LogP contribution in [-0.4, -0.2) is 15.0 Å². The Morgan fingerprint density at radius 3 is 2.81 bits per heavy atom. The fourth-order valence-electron chi connectivity index (χ4n) is 1.07. The molecule has 84 valence electrons. The van der Waals surface area contributed by atoms with Gasteiger partial charge in [0.05, 0.1) is 0 Å². The molecule has 0 saturated heterocycles. The predicted molar refractivity (Wildman–Crippen MR) is 67.4 cm³/mol. The summed E-state index contributed by atoms with van der Waals surface area (Å²) in [4.78, 5) is 12.8. The summed E-state index contributed by atoms with van der Waals surface area (Å²) < 4.78 is 0.962. The van der Waals surface area contributed by atoms with E-state index in [1.165, 1.54) is 11.8 Å². The van der Waals surface area contributed by atoms with Crippen molar-refractivity contribution < 1.29 is 0 Å². The van der Waals surface area contributed by atoms with Gasteiger partial charge in [-0.3, -0.25) is 0 Å². The monoisotopic (exact) mass is 271 g/mol. The molecule has 2 heterocycles. The quantitative estimate of drug-likeness (QED) is 0.795. The van der Waals surface area contributed by atoms with E-state index in [4.69, 9.17) is 11.6 Å². The largest absolute Gasteiger partial charge is 0.238 e. The Morgan fingerprint density at radius 1 is 1.38 bits per heavy atom. The minimum atomic E-state index is 0.273. The first-order valence-electron chi connectivity index (χ1n) is 4.77. The first-order valence-corrected chi connectivity index (χ1v) is 6.84. The SMILES string of the molecule is CC(C)c1nc(Cl)cc(Sc2nccs2)n1. The molecule has 0 aromatic carbocycles. The van der Waals surface area contributed by atoms with Gasteiger partial charge in [-0.15, -0.1) is 11.3 Å². The van der Waals surface area contributed by atoms with Gasteiger partial charge in [-0.25, -0.2) is 15.0 Å².